The first-order valence-corrected chi connectivity index (χ1v) is 6.80. The van der Waals surface area contributed by atoms with E-state index in [9.17, 15) is 0 Å². The fraction of sp³-hybridized carbons (Fsp3) is 0.385. The Kier molecular flexibility index (Phi) is 4.49. The normalized spacial score (nSPS) is 10.8. The molecular formula is C13H16BrN3O. The van der Waals surface area contributed by atoms with Crippen LogP contribution >= 0.6 is 15.9 Å². The third kappa shape index (κ3) is 3.17. The van der Waals surface area contributed by atoms with E-state index in [0.29, 0.717) is 11.7 Å². The molecule has 1 N–H and O–H groups in total. The lowest BCUT2D eigenvalue weighted by Gasteiger charge is -1.99. The van der Waals surface area contributed by atoms with Gasteiger partial charge in [0.2, 0.25) is 11.7 Å². The number of likely N-dealkylation sites (N-methyl/N-ethyl adjacent to an activating group) is 1. The van der Waals surface area contributed by atoms with Gasteiger partial charge in [0.05, 0.1) is 0 Å². The summed E-state index contributed by atoms with van der Waals surface area (Å²) in [5, 5.41) is 7.23. The average Bonchev–Trinajstić information content (AvgIpc) is 2.82. The topological polar surface area (TPSA) is 51.0 Å². The van der Waals surface area contributed by atoms with Crippen LogP contribution in [0.15, 0.2) is 27.2 Å². The van der Waals surface area contributed by atoms with Crippen LogP contribution in [0.2, 0.25) is 0 Å². The number of aryl methyl sites for hydroxylation is 1. The van der Waals surface area contributed by atoms with E-state index in [2.05, 4.69) is 38.3 Å². The van der Waals surface area contributed by atoms with E-state index in [1.54, 1.807) is 0 Å². The van der Waals surface area contributed by atoms with E-state index < -0.39 is 0 Å². The zero-order valence-electron chi connectivity index (χ0n) is 10.5. The number of benzene rings is 1. The molecule has 0 amide bonds. The van der Waals surface area contributed by atoms with Crippen LogP contribution in [0, 0.1) is 6.92 Å². The molecule has 2 rings (SSSR count). The lowest BCUT2D eigenvalue weighted by Crippen LogP contribution is -2.16. The quantitative estimate of drug-likeness (QED) is 0.863. The van der Waals surface area contributed by atoms with Gasteiger partial charge in [-0.3, -0.25) is 0 Å². The van der Waals surface area contributed by atoms with Gasteiger partial charge in [0.25, 0.3) is 0 Å². The van der Waals surface area contributed by atoms with Gasteiger partial charge in [-0.15, -0.1) is 0 Å². The van der Waals surface area contributed by atoms with E-state index in [-0.39, 0.29) is 0 Å². The lowest BCUT2D eigenvalue weighted by atomic mass is 10.1. The Balaban J connectivity index is 2.11. The predicted octanol–water partition coefficient (Wildman–Crippen LogP) is 2.96. The molecule has 0 spiro atoms. The van der Waals surface area contributed by atoms with Crippen molar-refractivity contribution in [2.45, 2.75) is 20.3 Å². The third-order valence-corrected chi connectivity index (χ3v) is 3.52. The second-order valence-electron chi connectivity index (χ2n) is 4.08. The van der Waals surface area contributed by atoms with Gasteiger partial charge >= 0.3 is 0 Å². The molecule has 0 aliphatic rings. The van der Waals surface area contributed by atoms with Crippen molar-refractivity contribution in [1.29, 1.82) is 0 Å². The second-order valence-corrected chi connectivity index (χ2v) is 4.93. The van der Waals surface area contributed by atoms with Crippen molar-refractivity contribution < 1.29 is 4.52 Å². The standard InChI is InChI=1S/C13H16BrN3O/c1-3-15-7-6-12-16-13(17-18-12)10-5-4-9(2)11(14)8-10/h4-5,8,15H,3,6-7H2,1-2H3. The first-order valence-electron chi connectivity index (χ1n) is 6.00. The Hall–Kier alpha value is -1.20. The molecule has 0 aliphatic heterocycles. The van der Waals surface area contributed by atoms with E-state index in [1.807, 2.05) is 25.1 Å². The predicted molar refractivity (Wildman–Crippen MR) is 74.4 cm³/mol. The summed E-state index contributed by atoms with van der Waals surface area (Å²) < 4.78 is 6.27. The fourth-order valence-corrected chi connectivity index (χ4v) is 1.96. The molecule has 0 aliphatic carbocycles. The van der Waals surface area contributed by atoms with Gasteiger partial charge in [-0.2, -0.15) is 4.98 Å². The van der Waals surface area contributed by atoms with Crippen LogP contribution < -0.4 is 5.32 Å². The zero-order chi connectivity index (χ0) is 13.0. The minimum atomic E-state index is 0.641. The highest BCUT2D eigenvalue weighted by Gasteiger charge is 2.09. The molecule has 2 aromatic rings. The molecule has 1 heterocycles. The van der Waals surface area contributed by atoms with Gasteiger partial charge in [0.1, 0.15) is 0 Å². The van der Waals surface area contributed by atoms with Crippen LogP contribution in [0.3, 0.4) is 0 Å². The zero-order valence-corrected chi connectivity index (χ0v) is 12.1. The molecule has 0 atom stereocenters. The molecule has 0 saturated carbocycles. The van der Waals surface area contributed by atoms with E-state index in [4.69, 9.17) is 4.52 Å². The Morgan fingerprint density at radius 2 is 2.22 bits per heavy atom. The van der Waals surface area contributed by atoms with Crippen LogP contribution in [0.5, 0.6) is 0 Å². The van der Waals surface area contributed by atoms with Crippen molar-refractivity contribution >= 4 is 15.9 Å². The summed E-state index contributed by atoms with van der Waals surface area (Å²) in [4.78, 5) is 4.38. The van der Waals surface area contributed by atoms with Crippen LogP contribution in [-0.4, -0.2) is 23.2 Å². The summed E-state index contributed by atoms with van der Waals surface area (Å²) in [6.45, 7) is 5.93. The molecular weight excluding hydrogens is 294 g/mol. The first kappa shape index (κ1) is 13.2. The number of hydrogen-bond acceptors (Lipinski definition) is 4. The Labute approximate surface area is 115 Å². The summed E-state index contributed by atoms with van der Waals surface area (Å²) in [7, 11) is 0. The summed E-state index contributed by atoms with van der Waals surface area (Å²) in [6, 6.07) is 6.04. The van der Waals surface area contributed by atoms with Crippen LogP contribution in [0.1, 0.15) is 18.4 Å². The van der Waals surface area contributed by atoms with Crippen LogP contribution in [0.4, 0.5) is 0 Å². The van der Waals surface area contributed by atoms with Crippen molar-refractivity contribution in [2.75, 3.05) is 13.1 Å². The molecule has 0 fully saturated rings. The number of rotatable bonds is 5. The first-order chi connectivity index (χ1) is 8.70. The third-order valence-electron chi connectivity index (χ3n) is 2.66. The summed E-state index contributed by atoms with van der Waals surface area (Å²) >= 11 is 3.51. The van der Waals surface area contributed by atoms with Crippen LogP contribution in [-0.2, 0) is 6.42 Å². The molecule has 0 unspecified atom stereocenters. The van der Waals surface area contributed by atoms with Gasteiger partial charge in [-0.1, -0.05) is 40.1 Å². The Morgan fingerprint density at radius 3 is 2.94 bits per heavy atom. The van der Waals surface area contributed by atoms with Gasteiger partial charge in [-0.05, 0) is 25.1 Å². The maximum absolute atomic E-state index is 5.22. The number of nitrogens with zero attached hydrogens (tertiary/aromatic N) is 2. The molecule has 1 aromatic heterocycles. The molecule has 5 heteroatoms. The number of halogens is 1. The Bertz CT molecular complexity index is 525. The lowest BCUT2D eigenvalue weighted by molar-refractivity contribution is 0.377. The minimum Gasteiger partial charge on any atom is -0.339 e. The van der Waals surface area contributed by atoms with Gasteiger partial charge in [-0.25, -0.2) is 0 Å². The molecule has 1 aromatic carbocycles. The maximum Gasteiger partial charge on any atom is 0.228 e. The van der Waals surface area contributed by atoms with E-state index in [1.165, 1.54) is 5.56 Å². The highest BCUT2D eigenvalue weighted by atomic mass is 79.9. The molecule has 18 heavy (non-hydrogen) atoms. The van der Waals surface area contributed by atoms with Gasteiger partial charge in [0.15, 0.2) is 0 Å². The monoisotopic (exact) mass is 309 g/mol. The van der Waals surface area contributed by atoms with Crippen molar-refractivity contribution in [1.82, 2.24) is 15.5 Å². The minimum absolute atomic E-state index is 0.641. The number of hydrogen-bond donors (Lipinski definition) is 1. The second kappa shape index (κ2) is 6.11. The summed E-state index contributed by atoms with van der Waals surface area (Å²) in [5.41, 5.74) is 2.15. The van der Waals surface area contributed by atoms with Crippen molar-refractivity contribution in [3.63, 3.8) is 0 Å². The molecule has 96 valence electrons. The smallest absolute Gasteiger partial charge is 0.228 e. The van der Waals surface area contributed by atoms with Crippen molar-refractivity contribution in [2.24, 2.45) is 0 Å². The van der Waals surface area contributed by atoms with Gasteiger partial charge < -0.3 is 9.84 Å². The highest BCUT2D eigenvalue weighted by Crippen LogP contribution is 2.23. The Morgan fingerprint density at radius 1 is 1.39 bits per heavy atom. The highest BCUT2D eigenvalue weighted by molar-refractivity contribution is 9.10. The largest absolute Gasteiger partial charge is 0.339 e. The van der Waals surface area contributed by atoms with E-state index >= 15 is 0 Å². The van der Waals surface area contributed by atoms with Crippen molar-refractivity contribution in [3.05, 3.63) is 34.1 Å². The van der Waals surface area contributed by atoms with Crippen LogP contribution in [0.25, 0.3) is 11.4 Å². The summed E-state index contributed by atoms with van der Waals surface area (Å²) in [6.07, 6.45) is 0.758. The molecule has 4 nitrogen and oxygen atoms in total. The van der Waals surface area contributed by atoms with E-state index in [0.717, 1.165) is 29.5 Å². The molecule has 0 radical (unpaired) electrons. The fourth-order valence-electron chi connectivity index (χ4n) is 1.58. The number of aromatic nitrogens is 2. The number of nitrogens with one attached hydrogen (secondary N) is 1. The SMILES string of the molecule is CCNCCc1nc(-c2ccc(C)c(Br)c2)no1. The van der Waals surface area contributed by atoms with Crippen molar-refractivity contribution in [3.8, 4) is 11.4 Å². The summed E-state index contributed by atoms with van der Waals surface area (Å²) in [5.74, 6) is 1.31. The average molecular weight is 310 g/mol. The molecule has 0 saturated heterocycles. The maximum atomic E-state index is 5.22. The van der Waals surface area contributed by atoms with Gasteiger partial charge in [0, 0.05) is 23.0 Å². The molecule has 0 bridgehead atoms.